The molecule has 0 spiro atoms. The molecule has 9 nitrogen and oxygen atoms in total. The van der Waals surface area contributed by atoms with Crippen molar-refractivity contribution in [2.75, 3.05) is 17.8 Å². The van der Waals surface area contributed by atoms with Gasteiger partial charge in [0.15, 0.2) is 11.2 Å². The van der Waals surface area contributed by atoms with Crippen LogP contribution < -0.4 is 10.7 Å². The molecule has 10 heteroatoms. The number of anilines is 1. The summed E-state index contributed by atoms with van der Waals surface area (Å²) in [7, 11) is 1.84. The van der Waals surface area contributed by atoms with E-state index in [1.807, 2.05) is 31.3 Å². The van der Waals surface area contributed by atoms with Gasteiger partial charge in [0.25, 0.3) is 0 Å². The van der Waals surface area contributed by atoms with Crippen LogP contribution in [0.25, 0.3) is 11.4 Å². The molecule has 1 atom stereocenters. The van der Waals surface area contributed by atoms with Gasteiger partial charge in [0.05, 0.1) is 6.07 Å². The molecule has 1 aromatic carbocycles. The summed E-state index contributed by atoms with van der Waals surface area (Å²) in [4.78, 5) is 10.2. The molecule has 2 N–H and O–H groups in total. The van der Waals surface area contributed by atoms with Crippen LogP contribution in [-0.4, -0.2) is 26.8 Å². The Kier molecular flexibility index (Phi) is 3.38. The molecule has 0 amide bonds. The number of nitro groups is 1. The first-order chi connectivity index (χ1) is 11.7. The van der Waals surface area contributed by atoms with Gasteiger partial charge in [0.2, 0.25) is 5.16 Å². The van der Waals surface area contributed by atoms with Crippen molar-refractivity contribution < 1.29 is 9.34 Å². The molecule has 0 saturated carbocycles. The number of hydrogen-bond donors (Lipinski definition) is 2. The highest BCUT2D eigenvalue weighted by Crippen LogP contribution is 2.42. The maximum atomic E-state index is 10.8. The van der Waals surface area contributed by atoms with Crippen LogP contribution in [0.4, 0.5) is 11.6 Å². The molecule has 1 aliphatic rings. The Balaban J connectivity index is 1.66. The van der Waals surface area contributed by atoms with Gasteiger partial charge in [-0.1, -0.05) is 12.1 Å². The highest BCUT2D eigenvalue weighted by Gasteiger charge is 2.31. The number of hydrogen-bond acceptors (Lipinski definition) is 8. The molecule has 4 rings (SSSR count). The minimum Gasteiger partial charge on any atom is -0.403 e. The topological polar surface area (TPSA) is 111 Å². The minimum absolute atomic E-state index is 0.282. The second kappa shape index (κ2) is 5.57. The Bertz CT molecular complexity index is 921. The van der Waals surface area contributed by atoms with Crippen molar-refractivity contribution in [1.82, 2.24) is 14.9 Å². The van der Waals surface area contributed by atoms with Crippen LogP contribution >= 0.6 is 11.8 Å². The quantitative estimate of drug-likeness (QED) is 0.549. The Labute approximate surface area is 140 Å². The van der Waals surface area contributed by atoms with E-state index in [0.29, 0.717) is 16.7 Å². The van der Waals surface area contributed by atoms with Crippen molar-refractivity contribution in [3.8, 4) is 11.4 Å². The molecule has 122 valence electrons. The van der Waals surface area contributed by atoms with Crippen LogP contribution in [0.5, 0.6) is 0 Å². The van der Waals surface area contributed by atoms with Gasteiger partial charge in [-0.3, -0.25) is 10.1 Å². The summed E-state index contributed by atoms with van der Waals surface area (Å²) in [5.74, 6) is 0.840. The average molecular weight is 344 g/mol. The summed E-state index contributed by atoms with van der Waals surface area (Å²) < 4.78 is 7.03. The SMILES string of the molecule is CNc1ccccc1-c1nnc2n1NC(c1ccc([N+](=O)[O-])o1)S2. The highest BCUT2D eigenvalue weighted by molar-refractivity contribution is 7.99. The van der Waals surface area contributed by atoms with Crippen molar-refractivity contribution in [2.45, 2.75) is 10.5 Å². The first-order valence-corrected chi connectivity index (χ1v) is 7.95. The van der Waals surface area contributed by atoms with E-state index in [9.17, 15) is 10.1 Å². The molecule has 0 saturated heterocycles. The molecule has 0 aliphatic carbocycles. The normalized spacial score (nSPS) is 15.8. The van der Waals surface area contributed by atoms with Crippen LogP contribution in [0.1, 0.15) is 11.1 Å². The molecule has 1 unspecified atom stereocenters. The third-order valence-electron chi connectivity index (χ3n) is 3.59. The second-order valence-corrected chi connectivity index (χ2v) is 6.07. The van der Waals surface area contributed by atoms with Crippen LogP contribution in [-0.2, 0) is 0 Å². The predicted molar refractivity (Wildman–Crippen MR) is 88.3 cm³/mol. The fourth-order valence-electron chi connectivity index (χ4n) is 2.49. The van der Waals surface area contributed by atoms with E-state index < -0.39 is 4.92 Å². The van der Waals surface area contributed by atoms with E-state index in [1.165, 1.54) is 17.8 Å². The van der Waals surface area contributed by atoms with Gasteiger partial charge in [-0.15, -0.1) is 10.2 Å². The summed E-state index contributed by atoms with van der Waals surface area (Å²) in [6.45, 7) is 0. The number of fused-ring (bicyclic) bond motifs is 1. The van der Waals surface area contributed by atoms with Gasteiger partial charge < -0.3 is 15.2 Å². The average Bonchev–Trinajstić information content (AvgIpc) is 3.29. The van der Waals surface area contributed by atoms with E-state index in [1.54, 1.807) is 10.7 Å². The first kappa shape index (κ1) is 14.6. The molecule has 3 heterocycles. The molecular weight excluding hydrogens is 332 g/mol. The largest absolute Gasteiger partial charge is 0.433 e. The molecule has 0 fully saturated rings. The van der Waals surface area contributed by atoms with E-state index in [-0.39, 0.29) is 11.3 Å². The number of benzene rings is 1. The van der Waals surface area contributed by atoms with Crippen LogP contribution in [0.3, 0.4) is 0 Å². The number of nitrogens with zero attached hydrogens (tertiary/aromatic N) is 4. The molecule has 1 aliphatic heterocycles. The molecule has 0 radical (unpaired) electrons. The predicted octanol–water partition coefficient (Wildman–Crippen LogP) is 2.84. The maximum Gasteiger partial charge on any atom is 0.433 e. The summed E-state index contributed by atoms with van der Waals surface area (Å²) >= 11 is 1.38. The lowest BCUT2D eigenvalue weighted by Crippen LogP contribution is -2.13. The van der Waals surface area contributed by atoms with Crippen molar-refractivity contribution in [2.24, 2.45) is 0 Å². The van der Waals surface area contributed by atoms with Gasteiger partial charge >= 0.3 is 5.88 Å². The number of thioether (sulfide) groups is 1. The summed E-state index contributed by atoms with van der Waals surface area (Å²) in [5, 5.41) is 22.7. The fraction of sp³-hybridized carbons (Fsp3) is 0.143. The van der Waals surface area contributed by atoms with Crippen molar-refractivity contribution in [3.05, 3.63) is 52.3 Å². The highest BCUT2D eigenvalue weighted by atomic mass is 32.2. The summed E-state index contributed by atoms with van der Waals surface area (Å²) in [5.41, 5.74) is 5.04. The smallest absolute Gasteiger partial charge is 0.403 e. The fourth-order valence-corrected chi connectivity index (χ4v) is 3.43. The zero-order chi connectivity index (χ0) is 16.7. The second-order valence-electron chi connectivity index (χ2n) is 5.00. The standard InChI is InChI=1S/C14H12N6O3S/c1-15-9-5-3-2-4-8(9)12-16-17-14-19(12)18-13(24-14)10-6-7-11(23-10)20(21)22/h2-7,13,15,18H,1H3. The third kappa shape index (κ3) is 2.27. The van der Waals surface area contributed by atoms with Crippen LogP contribution in [0.15, 0.2) is 46.0 Å². The number of furan rings is 1. The minimum atomic E-state index is -0.558. The van der Waals surface area contributed by atoms with E-state index in [2.05, 4.69) is 20.9 Å². The zero-order valence-electron chi connectivity index (χ0n) is 12.5. The van der Waals surface area contributed by atoms with Gasteiger partial charge in [-0.25, -0.2) is 4.68 Å². The van der Waals surface area contributed by atoms with Crippen LogP contribution in [0.2, 0.25) is 0 Å². The monoisotopic (exact) mass is 344 g/mol. The van der Waals surface area contributed by atoms with Gasteiger partial charge in [0.1, 0.15) is 10.7 Å². The summed E-state index contributed by atoms with van der Waals surface area (Å²) in [6, 6.07) is 10.7. The van der Waals surface area contributed by atoms with E-state index in [4.69, 9.17) is 4.42 Å². The van der Waals surface area contributed by atoms with Gasteiger partial charge in [0, 0.05) is 18.3 Å². The Morgan fingerprint density at radius 3 is 2.92 bits per heavy atom. The molecule has 0 bridgehead atoms. The number of para-hydroxylation sites is 1. The lowest BCUT2D eigenvalue weighted by atomic mass is 10.1. The molecule has 24 heavy (non-hydrogen) atoms. The van der Waals surface area contributed by atoms with E-state index in [0.717, 1.165) is 11.3 Å². The molecule has 3 aromatic rings. The lowest BCUT2D eigenvalue weighted by Gasteiger charge is -2.11. The first-order valence-electron chi connectivity index (χ1n) is 7.07. The Hall–Kier alpha value is -3.01. The Morgan fingerprint density at radius 1 is 1.33 bits per heavy atom. The maximum absolute atomic E-state index is 10.8. The van der Waals surface area contributed by atoms with Crippen molar-refractivity contribution in [3.63, 3.8) is 0 Å². The number of nitrogens with one attached hydrogen (secondary N) is 2. The number of aromatic nitrogens is 3. The number of rotatable bonds is 4. The molecule has 2 aromatic heterocycles. The van der Waals surface area contributed by atoms with Crippen molar-refractivity contribution >= 4 is 23.3 Å². The zero-order valence-corrected chi connectivity index (χ0v) is 13.3. The van der Waals surface area contributed by atoms with Crippen molar-refractivity contribution in [1.29, 1.82) is 0 Å². The van der Waals surface area contributed by atoms with Gasteiger partial charge in [-0.05, 0) is 30.0 Å². The third-order valence-corrected chi connectivity index (χ3v) is 4.64. The Morgan fingerprint density at radius 2 is 2.17 bits per heavy atom. The van der Waals surface area contributed by atoms with E-state index >= 15 is 0 Å². The lowest BCUT2D eigenvalue weighted by molar-refractivity contribution is -0.402. The van der Waals surface area contributed by atoms with Crippen LogP contribution in [0, 0.1) is 10.1 Å². The molecular formula is C14H12N6O3S. The summed E-state index contributed by atoms with van der Waals surface area (Å²) in [6.07, 6.45) is 0. The van der Waals surface area contributed by atoms with Gasteiger partial charge in [-0.2, -0.15) is 0 Å².